The van der Waals surface area contributed by atoms with E-state index in [2.05, 4.69) is 15.6 Å². The van der Waals surface area contributed by atoms with Crippen LogP contribution in [0.15, 0.2) is 48.7 Å². The van der Waals surface area contributed by atoms with Crippen LogP contribution in [0.4, 0.5) is 10.5 Å². The SMILES string of the molecule is CCC(C)(NC(=O)Nc1cccnc1OCCOC)c1ccccc1. The Hall–Kier alpha value is -2.60. The Morgan fingerprint density at radius 3 is 2.60 bits per heavy atom. The number of urea groups is 1. The highest BCUT2D eigenvalue weighted by atomic mass is 16.5. The van der Waals surface area contributed by atoms with Gasteiger partial charge >= 0.3 is 6.03 Å². The van der Waals surface area contributed by atoms with E-state index < -0.39 is 5.54 Å². The highest BCUT2D eigenvalue weighted by molar-refractivity contribution is 5.91. The Bertz CT molecular complexity index is 679. The maximum Gasteiger partial charge on any atom is 0.320 e. The van der Waals surface area contributed by atoms with Crippen LogP contribution in [0.1, 0.15) is 25.8 Å². The van der Waals surface area contributed by atoms with E-state index in [1.165, 1.54) is 0 Å². The van der Waals surface area contributed by atoms with Crippen LogP contribution >= 0.6 is 0 Å². The smallest absolute Gasteiger partial charge is 0.320 e. The molecule has 0 aliphatic heterocycles. The molecule has 2 N–H and O–H groups in total. The van der Waals surface area contributed by atoms with E-state index in [-0.39, 0.29) is 6.03 Å². The van der Waals surface area contributed by atoms with Crippen LogP contribution in [0, 0.1) is 0 Å². The lowest BCUT2D eigenvalue weighted by Gasteiger charge is -2.30. The molecule has 0 saturated carbocycles. The molecule has 1 aromatic carbocycles. The van der Waals surface area contributed by atoms with Crippen LogP contribution in [0.25, 0.3) is 0 Å². The summed E-state index contributed by atoms with van der Waals surface area (Å²) in [5, 5.41) is 5.86. The fourth-order valence-electron chi connectivity index (χ4n) is 2.40. The summed E-state index contributed by atoms with van der Waals surface area (Å²) in [5.74, 6) is 0.368. The number of rotatable bonds is 8. The van der Waals surface area contributed by atoms with Gasteiger partial charge in [0.25, 0.3) is 0 Å². The molecule has 0 fully saturated rings. The molecule has 2 amide bonds. The minimum absolute atomic E-state index is 0.308. The Labute approximate surface area is 148 Å². The van der Waals surface area contributed by atoms with Crippen LogP contribution in [0.5, 0.6) is 5.88 Å². The molecule has 1 unspecified atom stereocenters. The molecule has 25 heavy (non-hydrogen) atoms. The van der Waals surface area contributed by atoms with Crippen LogP contribution < -0.4 is 15.4 Å². The molecule has 6 heteroatoms. The predicted molar refractivity (Wildman–Crippen MR) is 97.8 cm³/mol. The molecule has 1 heterocycles. The summed E-state index contributed by atoms with van der Waals surface area (Å²) in [5.41, 5.74) is 1.10. The van der Waals surface area contributed by atoms with E-state index in [0.717, 1.165) is 12.0 Å². The first-order chi connectivity index (χ1) is 12.1. The Morgan fingerprint density at radius 2 is 1.92 bits per heavy atom. The molecule has 6 nitrogen and oxygen atoms in total. The lowest BCUT2D eigenvalue weighted by atomic mass is 9.89. The highest BCUT2D eigenvalue weighted by Gasteiger charge is 2.26. The summed E-state index contributed by atoms with van der Waals surface area (Å²) in [6.07, 6.45) is 2.38. The lowest BCUT2D eigenvalue weighted by molar-refractivity contribution is 0.144. The summed E-state index contributed by atoms with van der Waals surface area (Å²) < 4.78 is 10.5. The maximum absolute atomic E-state index is 12.5. The first-order valence-electron chi connectivity index (χ1n) is 8.30. The van der Waals surface area contributed by atoms with Crippen molar-refractivity contribution in [3.05, 3.63) is 54.2 Å². The van der Waals surface area contributed by atoms with Crippen molar-refractivity contribution in [2.75, 3.05) is 25.6 Å². The van der Waals surface area contributed by atoms with Crippen molar-refractivity contribution in [3.8, 4) is 5.88 Å². The van der Waals surface area contributed by atoms with Crippen LogP contribution in [0.2, 0.25) is 0 Å². The predicted octanol–water partition coefficient (Wildman–Crippen LogP) is 3.55. The van der Waals surface area contributed by atoms with Crippen molar-refractivity contribution in [2.45, 2.75) is 25.8 Å². The number of methoxy groups -OCH3 is 1. The highest BCUT2D eigenvalue weighted by Crippen LogP contribution is 2.25. The number of ether oxygens (including phenoxy) is 2. The molecule has 0 spiro atoms. The number of hydrogen-bond donors (Lipinski definition) is 2. The quantitative estimate of drug-likeness (QED) is 0.719. The topological polar surface area (TPSA) is 72.5 Å². The minimum atomic E-state index is -0.468. The Morgan fingerprint density at radius 1 is 1.16 bits per heavy atom. The normalized spacial score (nSPS) is 12.9. The summed E-state index contributed by atoms with van der Waals surface area (Å²) in [7, 11) is 1.60. The number of carbonyl (C=O) groups is 1. The van der Waals surface area contributed by atoms with Crippen molar-refractivity contribution in [1.29, 1.82) is 0 Å². The summed E-state index contributed by atoms with van der Waals surface area (Å²) in [6, 6.07) is 13.1. The second-order valence-corrected chi connectivity index (χ2v) is 5.83. The van der Waals surface area contributed by atoms with E-state index in [0.29, 0.717) is 24.8 Å². The molecule has 134 valence electrons. The molecule has 0 saturated heterocycles. The van der Waals surface area contributed by atoms with Crippen LogP contribution in [-0.2, 0) is 10.3 Å². The van der Waals surface area contributed by atoms with Gasteiger partial charge in [-0.1, -0.05) is 37.3 Å². The molecule has 2 rings (SSSR count). The van der Waals surface area contributed by atoms with Crippen LogP contribution in [-0.4, -0.2) is 31.3 Å². The maximum atomic E-state index is 12.5. The fourth-order valence-corrected chi connectivity index (χ4v) is 2.40. The average Bonchev–Trinajstić information content (AvgIpc) is 2.64. The first-order valence-corrected chi connectivity index (χ1v) is 8.30. The minimum Gasteiger partial charge on any atom is -0.474 e. The number of amides is 2. The molecule has 0 aliphatic rings. The third-order valence-electron chi connectivity index (χ3n) is 4.05. The number of benzene rings is 1. The molecular formula is C19H25N3O3. The zero-order valence-electron chi connectivity index (χ0n) is 14.9. The van der Waals surface area contributed by atoms with Gasteiger partial charge < -0.3 is 20.1 Å². The number of hydrogen-bond acceptors (Lipinski definition) is 4. The molecule has 1 aromatic heterocycles. The van der Waals surface area contributed by atoms with Crippen molar-refractivity contribution in [3.63, 3.8) is 0 Å². The molecule has 1 atom stereocenters. The van der Waals surface area contributed by atoms with Crippen molar-refractivity contribution in [1.82, 2.24) is 10.3 Å². The fraction of sp³-hybridized carbons (Fsp3) is 0.368. The Kier molecular flexibility index (Phi) is 6.77. The van der Waals surface area contributed by atoms with Gasteiger partial charge in [-0.2, -0.15) is 0 Å². The Balaban J connectivity index is 2.07. The standard InChI is InChI=1S/C19H25N3O3/c1-4-19(2,15-9-6-5-7-10-15)22-18(23)21-16-11-8-12-20-17(16)25-14-13-24-3/h5-12H,4,13-14H2,1-3H3,(H2,21,22,23). The number of nitrogens with zero attached hydrogens (tertiary/aromatic N) is 1. The zero-order valence-corrected chi connectivity index (χ0v) is 14.9. The van der Waals surface area contributed by atoms with Gasteiger partial charge in [0.1, 0.15) is 12.3 Å². The van der Waals surface area contributed by atoms with Crippen molar-refractivity contribution < 1.29 is 14.3 Å². The molecule has 2 aromatic rings. The summed E-state index contributed by atoms with van der Waals surface area (Å²) in [6.45, 7) is 4.85. The number of pyridine rings is 1. The second kappa shape index (κ2) is 9.03. The van der Waals surface area contributed by atoms with Crippen LogP contribution in [0.3, 0.4) is 0 Å². The van der Waals surface area contributed by atoms with E-state index in [1.807, 2.05) is 44.2 Å². The monoisotopic (exact) mass is 343 g/mol. The number of anilines is 1. The molecular weight excluding hydrogens is 318 g/mol. The van der Waals surface area contributed by atoms with Crippen molar-refractivity contribution in [2.24, 2.45) is 0 Å². The van der Waals surface area contributed by atoms with Gasteiger partial charge in [-0.25, -0.2) is 9.78 Å². The summed E-state index contributed by atoms with van der Waals surface area (Å²) in [4.78, 5) is 16.7. The van der Waals surface area contributed by atoms with Gasteiger partial charge in [0, 0.05) is 13.3 Å². The van der Waals surface area contributed by atoms with E-state index in [4.69, 9.17) is 9.47 Å². The molecule has 0 aliphatic carbocycles. The number of nitrogens with one attached hydrogen (secondary N) is 2. The summed E-state index contributed by atoms with van der Waals surface area (Å²) >= 11 is 0. The average molecular weight is 343 g/mol. The van der Waals surface area contributed by atoms with Gasteiger partial charge in [-0.05, 0) is 31.0 Å². The third-order valence-corrected chi connectivity index (χ3v) is 4.05. The lowest BCUT2D eigenvalue weighted by Crippen LogP contribution is -2.45. The van der Waals surface area contributed by atoms with Gasteiger partial charge in [-0.15, -0.1) is 0 Å². The number of aromatic nitrogens is 1. The van der Waals surface area contributed by atoms with E-state index in [1.54, 1.807) is 25.4 Å². The molecule has 0 radical (unpaired) electrons. The van der Waals surface area contributed by atoms with E-state index >= 15 is 0 Å². The zero-order chi connectivity index (χ0) is 18.1. The largest absolute Gasteiger partial charge is 0.474 e. The van der Waals surface area contributed by atoms with Gasteiger partial charge in [-0.3, -0.25) is 0 Å². The van der Waals surface area contributed by atoms with Gasteiger partial charge in [0.15, 0.2) is 0 Å². The van der Waals surface area contributed by atoms with E-state index in [9.17, 15) is 4.79 Å². The van der Waals surface area contributed by atoms with Gasteiger partial charge in [0.05, 0.1) is 12.1 Å². The second-order valence-electron chi connectivity index (χ2n) is 5.83. The number of carbonyl (C=O) groups excluding carboxylic acids is 1. The van der Waals surface area contributed by atoms with Gasteiger partial charge in [0.2, 0.25) is 5.88 Å². The first kappa shape index (κ1) is 18.7. The van der Waals surface area contributed by atoms with Crippen molar-refractivity contribution >= 4 is 11.7 Å². The molecule has 0 bridgehead atoms. The third kappa shape index (κ3) is 5.19.